The van der Waals surface area contributed by atoms with E-state index >= 15 is 0 Å². The number of rotatable bonds is 9. The molecule has 0 fully saturated rings. The quantitative estimate of drug-likeness (QED) is 0.749. The lowest BCUT2D eigenvalue weighted by Crippen LogP contribution is -2.38. The van der Waals surface area contributed by atoms with Gasteiger partial charge < -0.3 is 14.6 Å². The minimum Gasteiger partial charge on any atom is -0.446 e. The molecule has 0 bridgehead atoms. The molecule has 6 nitrogen and oxygen atoms in total. The number of hydrogen-bond donors (Lipinski definition) is 1. The molecule has 0 radical (unpaired) electrons. The molecule has 2 atom stereocenters. The first-order valence-electron chi connectivity index (χ1n) is 8.83. The third-order valence-corrected chi connectivity index (χ3v) is 4.11. The molecule has 1 rings (SSSR count). The van der Waals surface area contributed by atoms with Crippen molar-refractivity contribution >= 4 is 11.8 Å². The summed E-state index contributed by atoms with van der Waals surface area (Å²) in [6, 6.07) is 0.183. The SMILES string of the molecule is CC[C@H](C)NC(=O)c1coc(CN(C(=O)CC(C)C)[C@@H](C)CC)n1. The number of nitrogens with one attached hydrogen (secondary N) is 1. The molecule has 1 aromatic heterocycles. The maximum absolute atomic E-state index is 12.5. The zero-order valence-electron chi connectivity index (χ0n) is 15.8. The van der Waals surface area contributed by atoms with E-state index in [4.69, 9.17) is 4.42 Å². The fourth-order valence-corrected chi connectivity index (χ4v) is 2.21. The van der Waals surface area contributed by atoms with Gasteiger partial charge in [0.1, 0.15) is 6.26 Å². The monoisotopic (exact) mass is 337 g/mol. The molecular weight excluding hydrogens is 306 g/mol. The van der Waals surface area contributed by atoms with Crippen molar-refractivity contribution < 1.29 is 14.0 Å². The van der Waals surface area contributed by atoms with Crippen molar-refractivity contribution in [2.75, 3.05) is 0 Å². The molecule has 1 aromatic rings. The minimum atomic E-state index is -0.247. The fourth-order valence-electron chi connectivity index (χ4n) is 2.21. The van der Waals surface area contributed by atoms with Gasteiger partial charge in [0.2, 0.25) is 11.8 Å². The van der Waals surface area contributed by atoms with Crippen LogP contribution in [0.15, 0.2) is 10.7 Å². The van der Waals surface area contributed by atoms with Crippen molar-refractivity contribution in [2.24, 2.45) is 5.92 Å². The number of aromatic nitrogens is 1. The number of carbonyl (C=O) groups excluding carboxylic acids is 2. The van der Waals surface area contributed by atoms with E-state index in [1.165, 1.54) is 6.26 Å². The summed E-state index contributed by atoms with van der Waals surface area (Å²) in [5, 5.41) is 2.85. The average molecular weight is 337 g/mol. The lowest BCUT2D eigenvalue weighted by Gasteiger charge is -2.28. The van der Waals surface area contributed by atoms with Crippen LogP contribution in [0.2, 0.25) is 0 Å². The van der Waals surface area contributed by atoms with Gasteiger partial charge in [-0.3, -0.25) is 9.59 Å². The number of nitrogens with zero attached hydrogens (tertiary/aromatic N) is 2. The Morgan fingerprint density at radius 2 is 1.88 bits per heavy atom. The highest BCUT2D eigenvalue weighted by molar-refractivity contribution is 5.92. The highest BCUT2D eigenvalue weighted by atomic mass is 16.3. The smallest absolute Gasteiger partial charge is 0.273 e. The maximum Gasteiger partial charge on any atom is 0.273 e. The Kier molecular flexibility index (Phi) is 7.95. The van der Waals surface area contributed by atoms with Crippen molar-refractivity contribution in [3.8, 4) is 0 Å². The number of amides is 2. The fraction of sp³-hybridized carbons (Fsp3) is 0.722. The summed E-state index contributed by atoms with van der Waals surface area (Å²) >= 11 is 0. The molecule has 0 saturated carbocycles. The van der Waals surface area contributed by atoms with Gasteiger partial charge in [0.25, 0.3) is 5.91 Å². The molecule has 6 heteroatoms. The van der Waals surface area contributed by atoms with Gasteiger partial charge >= 0.3 is 0 Å². The van der Waals surface area contributed by atoms with Crippen LogP contribution in [0.4, 0.5) is 0 Å². The highest BCUT2D eigenvalue weighted by Crippen LogP contribution is 2.15. The van der Waals surface area contributed by atoms with Crippen molar-refractivity contribution in [1.82, 2.24) is 15.2 Å². The van der Waals surface area contributed by atoms with Crippen LogP contribution in [-0.4, -0.2) is 33.8 Å². The first-order valence-corrected chi connectivity index (χ1v) is 8.83. The number of oxazole rings is 1. The lowest BCUT2D eigenvalue weighted by atomic mass is 10.1. The Morgan fingerprint density at radius 3 is 2.42 bits per heavy atom. The third kappa shape index (κ3) is 5.98. The van der Waals surface area contributed by atoms with Gasteiger partial charge in [-0.05, 0) is 32.6 Å². The Bertz CT molecular complexity index is 539. The molecule has 0 aromatic carbocycles. The minimum absolute atomic E-state index is 0.0851. The zero-order chi connectivity index (χ0) is 18.3. The molecule has 1 heterocycles. The summed E-state index contributed by atoms with van der Waals surface area (Å²) < 4.78 is 5.42. The largest absolute Gasteiger partial charge is 0.446 e. The van der Waals surface area contributed by atoms with E-state index in [9.17, 15) is 9.59 Å². The summed E-state index contributed by atoms with van der Waals surface area (Å²) in [5.74, 6) is 0.526. The van der Waals surface area contributed by atoms with E-state index in [0.717, 1.165) is 12.8 Å². The molecule has 136 valence electrons. The van der Waals surface area contributed by atoms with Crippen LogP contribution in [0, 0.1) is 5.92 Å². The van der Waals surface area contributed by atoms with Crippen molar-refractivity contribution in [3.63, 3.8) is 0 Å². The summed E-state index contributed by atoms with van der Waals surface area (Å²) in [6.45, 7) is 12.3. The molecule has 0 aliphatic heterocycles. The Hall–Kier alpha value is -1.85. The van der Waals surface area contributed by atoms with Gasteiger partial charge in [0, 0.05) is 18.5 Å². The highest BCUT2D eigenvalue weighted by Gasteiger charge is 2.23. The molecule has 2 amide bonds. The molecule has 0 unspecified atom stereocenters. The normalized spacial score (nSPS) is 13.6. The number of carbonyl (C=O) groups is 2. The van der Waals surface area contributed by atoms with E-state index in [0.29, 0.717) is 18.2 Å². The van der Waals surface area contributed by atoms with Crippen LogP contribution < -0.4 is 5.32 Å². The second-order valence-electron chi connectivity index (χ2n) is 6.79. The van der Waals surface area contributed by atoms with E-state index in [-0.39, 0.29) is 36.1 Å². The maximum atomic E-state index is 12.5. The number of hydrogen-bond acceptors (Lipinski definition) is 4. The summed E-state index contributed by atoms with van der Waals surface area (Å²) in [6.07, 6.45) is 3.55. The zero-order valence-corrected chi connectivity index (χ0v) is 15.8. The van der Waals surface area contributed by atoms with Crippen molar-refractivity contribution in [3.05, 3.63) is 17.8 Å². The molecule has 0 spiro atoms. The molecule has 0 aliphatic carbocycles. The summed E-state index contributed by atoms with van der Waals surface area (Å²) in [7, 11) is 0. The van der Waals surface area contributed by atoms with E-state index < -0.39 is 0 Å². The van der Waals surface area contributed by atoms with Gasteiger partial charge in [-0.25, -0.2) is 4.98 Å². The van der Waals surface area contributed by atoms with Crippen molar-refractivity contribution in [1.29, 1.82) is 0 Å². The topological polar surface area (TPSA) is 75.4 Å². The average Bonchev–Trinajstić information content (AvgIpc) is 2.99. The van der Waals surface area contributed by atoms with Gasteiger partial charge in [-0.1, -0.05) is 27.7 Å². The van der Waals surface area contributed by atoms with Crippen LogP contribution in [-0.2, 0) is 11.3 Å². The van der Waals surface area contributed by atoms with Gasteiger partial charge in [0.15, 0.2) is 5.69 Å². The molecule has 0 aliphatic rings. The van der Waals surface area contributed by atoms with Crippen LogP contribution in [0.3, 0.4) is 0 Å². The van der Waals surface area contributed by atoms with Gasteiger partial charge in [-0.15, -0.1) is 0 Å². The Morgan fingerprint density at radius 1 is 1.21 bits per heavy atom. The Balaban J connectivity index is 2.81. The summed E-state index contributed by atoms with van der Waals surface area (Å²) in [5.41, 5.74) is 0.255. The van der Waals surface area contributed by atoms with Crippen LogP contribution in [0.25, 0.3) is 0 Å². The third-order valence-electron chi connectivity index (χ3n) is 4.11. The lowest BCUT2D eigenvalue weighted by molar-refractivity contribution is -0.135. The predicted octanol–water partition coefficient (Wildman–Crippen LogP) is 3.38. The van der Waals surface area contributed by atoms with Gasteiger partial charge in [-0.2, -0.15) is 0 Å². The van der Waals surface area contributed by atoms with Crippen LogP contribution in [0.5, 0.6) is 0 Å². The second kappa shape index (κ2) is 9.45. The van der Waals surface area contributed by atoms with Crippen LogP contribution >= 0.6 is 0 Å². The molecule has 1 N–H and O–H groups in total. The molecular formula is C18H31N3O3. The Labute approximate surface area is 145 Å². The van der Waals surface area contributed by atoms with Crippen LogP contribution in [0.1, 0.15) is 77.2 Å². The first kappa shape index (κ1) is 20.2. The standard InChI is InChI=1S/C18H31N3O3/c1-7-13(5)19-18(23)15-11-24-16(20-15)10-21(14(6)8-2)17(22)9-12(3)4/h11-14H,7-10H2,1-6H3,(H,19,23)/t13-,14-/m0/s1. The second-order valence-corrected chi connectivity index (χ2v) is 6.79. The van der Waals surface area contributed by atoms with E-state index in [2.05, 4.69) is 10.3 Å². The summed E-state index contributed by atoms with van der Waals surface area (Å²) in [4.78, 5) is 30.6. The molecule has 24 heavy (non-hydrogen) atoms. The molecule has 0 saturated heterocycles. The van der Waals surface area contributed by atoms with Crippen molar-refractivity contribution in [2.45, 2.75) is 79.4 Å². The first-order chi connectivity index (χ1) is 11.3. The van der Waals surface area contributed by atoms with Gasteiger partial charge in [0.05, 0.1) is 6.54 Å². The van der Waals surface area contributed by atoms with E-state index in [1.54, 1.807) is 4.90 Å². The van der Waals surface area contributed by atoms with E-state index in [1.807, 2.05) is 41.5 Å². The predicted molar refractivity (Wildman–Crippen MR) is 93.5 cm³/mol.